The van der Waals surface area contributed by atoms with Crippen molar-refractivity contribution in [2.24, 2.45) is 0 Å². The van der Waals surface area contributed by atoms with E-state index in [0.29, 0.717) is 22.1 Å². The van der Waals surface area contributed by atoms with Gasteiger partial charge in [0, 0.05) is 11.1 Å². The summed E-state index contributed by atoms with van der Waals surface area (Å²) in [5.74, 6) is 0.713. The highest BCUT2D eigenvalue weighted by Crippen LogP contribution is 2.31. The van der Waals surface area contributed by atoms with E-state index in [1.54, 1.807) is 43.3 Å². The molecule has 0 saturated carbocycles. The number of furan rings is 1. The van der Waals surface area contributed by atoms with Crippen molar-refractivity contribution in [2.45, 2.75) is 6.92 Å². The van der Waals surface area contributed by atoms with Gasteiger partial charge >= 0.3 is 0 Å². The summed E-state index contributed by atoms with van der Waals surface area (Å²) in [6.07, 6.45) is 0. The van der Waals surface area contributed by atoms with E-state index in [0.717, 1.165) is 5.39 Å². The molecule has 0 bridgehead atoms. The number of nitrogens with zero attached hydrogens (tertiary/aromatic N) is 3. The van der Waals surface area contributed by atoms with Gasteiger partial charge in [0.15, 0.2) is 11.2 Å². The van der Waals surface area contributed by atoms with Gasteiger partial charge < -0.3 is 9.73 Å². The minimum Gasteiger partial charge on any atom is -0.460 e. The minimum absolute atomic E-state index is 0.120. The summed E-state index contributed by atoms with van der Waals surface area (Å²) in [4.78, 5) is 0. The zero-order valence-corrected chi connectivity index (χ0v) is 11.1. The Bertz CT molecular complexity index is 827. The molecule has 0 aliphatic carbocycles. The van der Waals surface area contributed by atoms with E-state index in [1.807, 2.05) is 0 Å². The van der Waals surface area contributed by atoms with Crippen molar-refractivity contribution >= 4 is 28.3 Å². The lowest BCUT2D eigenvalue weighted by molar-refractivity contribution is 0.579. The molecule has 1 aromatic carbocycles. The molecule has 0 aliphatic rings. The largest absolute Gasteiger partial charge is 0.460 e. The number of fused-ring (bicyclic) bond motifs is 1. The van der Waals surface area contributed by atoms with E-state index < -0.39 is 0 Å². The van der Waals surface area contributed by atoms with Crippen LogP contribution in [0.4, 0.5) is 5.69 Å². The van der Waals surface area contributed by atoms with Crippen LogP contribution in [-0.2, 0) is 0 Å². The molecule has 0 spiro atoms. The molecule has 2 aromatic rings. The number of rotatable bonds is 2. The van der Waals surface area contributed by atoms with Crippen molar-refractivity contribution in [2.75, 3.05) is 5.32 Å². The normalized spacial score (nSPS) is 9.35. The summed E-state index contributed by atoms with van der Waals surface area (Å²) >= 11 is 6.09. The zero-order chi connectivity index (χ0) is 14.7. The van der Waals surface area contributed by atoms with Crippen LogP contribution in [0.3, 0.4) is 0 Å². The second-order valence-corrected chi connectivity index (χ2v) is 4.35. The van der Waals surface area contributed by atoms with E-state index >= 15 is 0 Å². The SMILES string of the molecule is Cc1cc2cc(NC(C#N)=C(C#N)C#N)cc(Cl)c2o1. The molecule has 0 atom stereocenters. The van der Waals surface area contributed by atoms with Gasteiger partial charge in [0.25, 0.3) is 0 Å². The van der Waals surface area contributed by atoms with Crippen LogP contribution in [0.15, 0.2) is 33.9 Å². The number of aryl methyl sites for hydroxylation is 1. The molecule has 0 amide bonds. The molecule has 5 nitrogen and oxygen atoms in total. The lowest BCUT2D eigenvalue weighted by Gasteiger charge is -2.05. The topological polar surface area (TPSA) is 96.5 Å². The molecule has 20 heavy (non-hydrogen) atoms. The number of hydrogen-bond acceptors (Lipinski definition) is 5. The van der Waals surface area contributed by atoms with E-state index in [4.69, 9.17) is 31.8 Å². The van der Waals surface area contributed by atoms with Gasteiger partial charge in [-0.3, -0.25) is 0 Å². The van der Waals surface area contributed by atoms with Gasteiger partial charge in [-0.15, -0.1) is 0 Å². The average Bonchev–Trinajstić information content (AvgIpc) is 2.80. The van der Waals surface area contributed by atoms with Gasteiger partial charge in [-0.2, -0.15) is 15.8 Å². The van der Waals surface area contributed by atoms with Gasteiger partial charge in [0.2, 0.25) is 0 Å². The Morgan fingerprint density at radius 1 is 1.15 bits per heavy atom. The van der Waals surface area contributed by atoms with E-state index in [-0.39, 0.29) is 11.3 Å². The van der Waals surface area contributed by atoms with Gasteiger partial charge in [-0.1, -0.05) is 11.6 Å². The molecule has 0 fully saturated rings. The van der Waals surface area contributed by atoms with Crippen molar-refractivity contribution in [1.29, 1.82) is 15.8 Å². The summed E-state index contributed by atoms with van der Waals surface area (Å²) in [6, 6.07) is 10.2. The second kappa shape index (κ2) is 5.36. The molecule has 1 heterocycles. The molecule has 0 radical (unpaired) electrons. The number of halogens is 1. The Labute approximate surface area is 119 Å². The Kier molecular flexibility index (Phi) is 3.62. The first kappa shape index (κ1) is 13.5. The Morgan fingerprint density at radius 2 is 1.85 bits per heavy atom. The molecule has 0 aliphatic heterocycles. The third kappa shape index (κ3) is 2.42. The minimum atomic E-state index is -0.285. The number of allylic oxidation sites excluding steroid dienone is 2. The number of anilines is 1. The van der Waals surface area contributed by atoms with Gasteiger partial charge in [-0.05, 0) is 25.1 Å². The van der Waals surface area contributed by atoms with Crippen LogP contribution >= 0.6 is 11.6 Å². The first-order valence-electron chi connectivity index (χ1n) is 5.50. The van der Waals surface area contributed by atoms with E-state index in [9.17, 15) is 0 Å². The molecule has 0 unspecified atom stereocenters. The molecular weight excluding hydrogens is 276 g/mol. The quantitative estimate of drug-likeness (QED) is 0.848. The summed E-state index contributed by atoms with van der Waals surface area (Å²) in [5.41, 5.74) is 0.651. The van der Waals surface area contributed by atoms with Crippen molar-refractivity contribution in [3.05, 3.63) is 40.3 Å². The summed E-state index contributed by atoms with van der Waals surface area (Å²) in [6.45, 7) is 1.80. The van der Waals surface area contributed by atoms with E-state index in [1.165, 1.54) is 0 Å². The average molecular weight is 283 g/mol. The third-order valence-corrected chi connectivity index (χ3v) is 2.83. The highest BCUT2D eigenvalue weighted by atomic mass is 35.5. The highest BCUT2D eigenvalue weighted by Gasteiger charge is 2.10. The molecule has 96 valence electrons. The Hall–Kier alpha value is -2.94. The number of benzene rings is 1. The van der Waals surface area contributed by atoms with Crippen LogP contribution in [0, 0.1) is 40.9 Å². The van der Waals surface area contributed by atoms with Crippen molar-refractivity contribution in [3.8, 4) is 18.2 Å². The Morgan fingerprint density at radius 3 is 2.45 bits per heavy atom. The monoisotopic (exact) mass is 282 g/mol. The zero-order valence-electron chi connectivity index (χ0n) is 10.4. The molecule has 6 heteroatoms. The van der Waals surface area contributed by atoms with Crippen LogP contribution in [-0.4, -0.2) is 0 Å². The van der Waals surface area contributed by atoms with Crippen LogP contribution in [0.5, 0.6) is 0 Å². The smallest absolute Gasteiger partial charge is 0.163 e. The number of nitriles is 3. The second-order valence-electron chi connectivity index (χ2n) is 3.94. The third-order valence-electron chi connectivity index (χ3n) is 2.55. The van der Waals surface area contributed by atoms with Crippen LogP contribution in [0.25, 0.3) is 11.0 Å². The van der Waals surface area contributed by atoms with Crippen molar-refractivity contribution in [1.82, 2.24) is 0 Å². The van der Waals surface area contributed by atoms with Crippen LogP contribution in [0.1, 0.15) is 5.76 Å². The maximum atomic E-state index is 8.98. The highest BCUT2D eigenvalue weighted by molar-refractivity contribution is 6.35. The maximum Gasteiger partial charge on any atom is 0.163 e. The molecule has 1 aromatic heterocycles. The molecule has 1 N–H and O–H groups in total. The van der Waals surface area contributed by atoms with Gasteiger partial charge in [-0.25, -0.2) is 0 Å². The molecular formula is C14H7ClN4O. The lowest BCUT2D eigenvalue weighted by Crippen LogP contribution is -2.00. The van der Waals surface area contributed by atoms with Gasteiger partial charge in [0.1, 0.15) is 29.7 Å². The fourth-order valence-corrected chi connectivity index (χ4v) is 2.00. The first-order valence-corrected chi connectivity index (χ1v) is 5.88. The standard InChI is InChI=1S/C14H7ClN4O/c1-8-2-9-3-11(4-12(15)14(9)20-8)19-13(7-18)10(5-16)6-17/h2-4,19H,1H3. The first-order chi connectivity index (χ1) is 9.58. The lowest BCUT2D eigenvalue weighted by atomic mass is 10.2. The summed E-state index contributed by atoms with van der Waals surface area (Å²) in [7, 11) is 0. The van der Waals surface area contributed by atoms with Crippen LogP contribution < -0.4 is 5.32 Å². The fraction of sp³-hybridized carbons (Fsp3) is 0.0714. The molecule has 0 saturated heterocycles. The molecule has 2 rings (SSSR count). The Balaban J connectivity index is 2.51. The van der Waals surface area contributed by atoms with Crippen molar-refractivity contribution < 1.29 is 4.42 Å². The number of nitrogens with one attached hydrogen (secondary N) is 1. The maximum absolute atomic E-state index is 8.98. The predicted octanol–water partition coefficient (Wildman–Crippen LogP) is 3.63. The van der Waals surface area contributed by atoms with Crippen molar-refractivity contribution in [3.63, 3.8) is 0 Å². The van der Waals surface area contributed by atoms with E-state index in [2.05, 4.69) is 5.32 Å². The number of hydrogen-bond donors (Lipinski definition) is 1. The fourth-order valence-electron chi connectivity index (χ4n) is 1.74. The predicted molar refractivity (Wildman–Crippen MR) is 73.4 cm³/mol. The van der Waals surface area contributed by atoms with Gasteiger partial charge in [0.05, 0.1) is 5.02 Å². The van der Waals surface area contributed by atoms with Crippen LogP contribution in [0.2, 0.25) is 5.02 Å². The summed E-state index contributed by atoms with van der Waals surface area (Å²) < 4.78 is 5.43. The summed E-state index contributed by atoms with van der Waals surface area (Å²) in [5, 5.41) is 30.4.